The van der Waals surface area contributed by atoms with Gasteiger partial charge in [0.1, 0.15) is 0 Å². The number of anilines is 1. The van der Waals surface area contributed by atoms with Gasteiger partial charge in [0.2, 0.25) is 5.95 Å². The van der Waals surface area contributed by atoms with Crippen molar-refractivity contribution in [3.05, 3.63) is 17.5 Å². The summed E-state index contributed by atoms with van der Waals surface area (Å²) in [4.78, 5) is 12.1. The van der Waals surface area contributed by atoms with Crippen molar-refractivity contribution in [3.8, 4) is 12.0 Å². The first-order chi connectivity index (χ1) is 9.12. The van der Waals surface area contributed by atoms with Crippen molar-refractivity contribution in [2.75, 3.05) is 19.5 Å². The highest BCUT2D eigenvalue weighted by Crippen LogP contribution is 2.13. The molecule has 0 aliphatic rings. The Labute approximate surface area is 110 Å². The van der Waals surface area contributed by atoms with E-state index in [9.17, 15) is 0 Å². The first-order valence-corrected chi connectivity index (χ1v) is 5.69. The van der Waals surface area contributed by atoms with Gasteiger partial charge < -0.3 is 14.8 Å². The van der Waals surface area contributed by atoms with Crippen molar-refractivity contribution in [2.45, 2.75) is 13.5 Å². The summed E-state index contributed by atoms with van der Waals surface area (Å²) < 4.78 is 11.7. The molecule has 1 N–H and O–H groups in total. The number of ether oxygens (including phenoxy) is 2. The summed E-state index contributed by atoms with van der Waals surface area (Å²) in [5.74, 6) is 0.395. The zero-order valence-corrected chi connectivity index (χ0v) is 11.3. The van der Waals surface area contributed by atoms with Crippen LogP contribution in [-0.2, 0) is 13.6 Å². The summed E-state index contributed by atoms with van der Waals surface area (Å²) in [7, 11) is 4.86. The fourth-order valence-electron chi connectivity index (χ4n) is 1.60. The van der Waals surface area contributed by atoms with Gasteiger partial charge >= 0.3 is 12.0 Å². The molecule has 0 saturated carbocycles. The minimum absolute atomic E-state index is 0.206. The fraction of sp³-hybridized carbons (Fsp3) is 0.455. The SMILES string of the molecule is COc1nc(NCc2cn(C)nc2C)nc(OC)n1. The highest BCUT2D eigenvalue weighted by atomic mass is 16.5. The number of aromatic nitrogens is 5. The Morgan fingerprint density at radius 2 is 1.79 bits per heavy atom. The quantitative estimate of drug-likeness (QED) is 0.843. The van der Waals surface area contributed by atoms with Crippen LogP contribution in [0.1, 0.15) is 11.3 Å². The summed E-state index contributed by atoms with van der Waals surface area (Å²) in [6.45, 7) is 2.52. The van der Waals surface area contributed by atoms with E-state index in [2.05, 4.69) is 25.4 Å². The Hall–Kier alpha value is -2.38. The summed E-state index contributed by atoms with van der Waals surface area (Å²) in [6, 6.07) is 0.412. The Morgan fingerprint density at radius 3 is 2.26 bits per heavy atom. The highest BCUT2D eigenvalue weighted by Gasteiger charge is 2.08. The molecule has 0 aromatic carbocycles. The maximum atomic E-state index is 4.98. The molecule has 0 amide bonds. The van der Waals surface area contributed by atoms with Crippen molar-refractivity contribution in [1.29, 1.82) is 0 Å². The Morgan fingerprint density at radius 1 is 1.16 bits per heavy atom. The average molecular weight is 264 g/mol. The van der Waals surface area contributed by atoms with Gasteiger partial charge in [-0.05, 0) is 6.92 Å². The predicted octanol–water partition coefficient (Wildman–Crippen LogP) is 0.543. The van der Waals surface area contributed by atoms with E-state index in [4.69, 9.17) is 9.47 Å². The smallest absolute Gasteiger partial charge is 0.324 e. The van der Waals surface area contributed by atoms with E-state index >= 15 is 0 Å². The van der Waals surface area contributed by atoms with Gasteiger partial charge in [-0.15, -0.1) is 4.98 Å². The van der Waals surface area contributed by atoms with E-state index in [-0.39, 0.29) is 12.0 Å². The number of hydrogen-bond donors (Lipinski definition) is 1. The van der Waals surface area contributed by atoms with Crippen LogP contribution in [0.5, 0.6) is 12.0 Å². The number of nitrogens with one attached hydrogen (secondary N) is 1. The molecule has 2 rings (SSSR count). The molecule has 2 aromatic heterocycles. The van der Waals surface area contributed by atoms with Crippen LogP contribution in [0.2, 0.25) is 0 Å². The molecule has 2 aromatic rings. The topological polar surface area (TPSA) is 87.0 Å². The number of aryl methyl sites for hydroxylation is 2. The summed E-state index contributed by atoms with van der Waals surface area (Å²) >= 11 is 0. The monoisotopic (exact) mass is 264 g/mol. The molecule has 0 atom stereocenters. The second-order valence-corrected chi connectivity index (χ2v) is 3.90. The molecular formula is C11H16N6O2. The normalized spacial score (nSPS) is 10.3. The molecule has 0 radical (unpaired) electrons. The van der Waals surface area contributed by atoms with E-state index < -0.39 is 0 Å². The number of methoxy groups -OCH3 is 2. The molecule has 0 bridgehead atoms. The standard InChI is InChI=1S/C11H16N6O2/c1-7-8(6-17(2)16-7)5-12-9-13-10(18-3)15-11(14-9)19-4/h6H,5H2,1-4H3,(H,12,13,14,15). The molecule has 0 unspecified atom stereocenters. The molecule has 0 fully saturated rings. The molecular weight excluding hydrogens is 248 g/mol. The van der Waals surface area contributed by atoms with E-state index in [1.54, 1.807) is 4.68 Å². The highest BCUT2D eigenvalue weighted by molar-refractivity contribution is 5.30. The lowest BCUT2D eigenvalue weighted by Crippen LogP contribution is -2.07. The van der Waals surface area contributed by atoms with Gasteiger partial charge in [0.15, 0.2) is 0 Å². The van der Waals surface area contributed by atoms with Crippen molar-refractivity contribution < 1.29 is 9.47 Å². The molecule has 0 aliphatic carbocycles. The summed E-state index contributed by atoms with van der Waals surface area (Å²) in [5.41, 5.74) is 2.03. The zero-order valence-electron chi connectivity index (χ0n) is 11.3. The molecule has 0 spiro atoms. The molecule has 102 valence electrons. The molecule has 19 heavy (non-hydrogen) atoms. The second-order valence-electron chi connectivity index (χ2n) is 3.90. The molecule has 0 saturated heterocycles. The van der Waals surface area contributed by atoms with E-state index in [1.807, 2.05) is 20.2 Å². The maximum Gasteiger partial charge on any atom is 0.324 e. The minimum atomic E-state index is 0.206. The van der Waals surface area contributed by atoms with E-state index in [0.29, 0.717) is 12.5 Å². The van der Waals surface area contributed by atoms with Crippen LogP contribution >= 0.6 is 0 Å². The van der Waals surface area contributed by atoms with Gasteiger partial charge in [0.25, 0.3) is 0 Å². The lowest BCUT2D eigenvalue weighted by atomic mass is 10.3. The second kappa shape index (κ2) is 5.51. The van der Waals surface area contributed by atoms with E-state index in [1.165, 1.54) is 14.2 Å². The first-order valence-electron chi connectivity index (χ1n) is 5.69. The van der Waals surface area contributed by atoms with Gasteiger partial charge in [-0.1, -0.05) is 0 Å². The Bertz CT molecular complexity index is 546. The van der Waals surface area contributed by atoms with Gasteiger partial charge in [-0.3, -0.25) is 4.68 Å². The number of hydrogen-bond acceptors (Lipinski definition) is 7. The van der Waals surface area contributed by atoms with Crippen molar-refractivity contribution >= 4 is 5.95 Å². The lowest BCUT2D eigenvalue weighted by Gasteiger charge is -2.06. The van der Waals surface area contributed by atoms with Gasteiger partial charge in [0.05, 0.1) is 19.9 Å². The van der Waals surface area contributed by atoms with E-state index in [0.717, 1.165) is 11.3 Å². The maximum absolute atomic E-state index is 4.98. The van der Waals surface area contributed by atoms with Crippen molar-refractivity contribution in [3.63, 3.8) is 0 Å². The average Bonchev–Trinajstić information content (AvgIpc) is 2.74. The van der Waals surface area contributed by atoms with Crippen LogP contribution < -0.4 is 14.8 Å². The van der Waals surface area contributed by atoms with Gasteiger partial charge in [-0.25, -0.2) is 0 Å². The van der Waals surface area contributed by atoms with Crippen molar-refractivity contribution in [1.82, 2.24) is 24.7 Å². The Kier molecular flexibility index (Phi) is 3.79. The summed E-state index contributed by atoms with van der Waals surface area (Å²) in [6.07, 6.45) is 1.94. The van der Waals surface area contributed by atoms with Crippen LogP contribution in [-0.4, -0.2) is 39.0 Å². The van der Waals surface area contributed by atoms with Crippen LogP contribution in [0, 0.1) is 6.92 Å². The third-order valence-electron chi connectivity index (χ3n) is 2.51. The van der Waals surface area contributed by atoms with Crippen molar-refractivity contribution in [2.24, 2.45) is 7.05 Å². The summed E-state index contributed by atoms with van der Waals surface area (Å²) in [5, 5.41) is 7.35. The number of nitrogens with zero attached hydrogens (tertiary/aromatic N) is 5. The van der Waals surface area contributed by atoms with Crippen LogP contribution in [0.15, 0.2) is 6.20 Å². The lowest BCUT2D eigenvalue weighted by molar-refractivity contribution is 0.341. The number of rotatable bonds is 5. The van der Waals surface area contributed by atoms with Gasteiger partial charge in [-0.2, -0.15) is 15.1 Å². The zero-order chi connectivity index (χ0) is 13.8. The van der Waals surface area contributed by atoms with Gasteiger partial charge in [0, 0.05) is 25.4 Å². The fourth-order valence-corrected chi connectivity index (χ4v) is 1.60. The molecule has 8 heteroatoms. The van der Waals surface area contributed by atoms with Crippen LogP contribution in [0.25, 0.3) is 0 Å². The third kappa shape index (κ3) is 3.09. The predicted molar refractivity (Wildman–Crippen MR) is 68.2 cm³/mol. The van der Waals surface area contributed by atoms with Crippen LogP contribution in [0.3, 0.4) is 0 Å². The molecule has 0 aliphatic heterocycles. The first kappa shape index (κ1) is 13.1. The Balaban J connectivity index is 2.12. The molecule has 8 nitrogen and oxygen atoms in total. The third-order valence-corrected chi connectivity index (χ3v) is 2.51. The molecule has 2 heterocycles. The van der Waals surface area contributed by atoms with Crippen LogP contribution in [0.4, 0.5) is 5.95 Å². The largest absolute Gasteiger partial charge is 0.467 e. The minimum Gasteiger partial charge on any atom is -0.467 e.